The van der Waals surface area contributed by atoms with Crippen LogP contribution in [0.15, 0.2) is 152 Å². The number of nitrogens with one attached hydrogen (secondary N) is 3. The van der Waals surface area contributed by atoms with E-state index in [2.05, 4.69) is 16.0 Å². The molecule has 440 valence electrons. The molecule has 4 amide bonds. The summed E-state index contributed by atoms with van der Waals surface area (Å²) in [6.07, 6.45) is -16.1. The SMILES string of the molecule is CC1C[C@@H]2OC(O[C@@H]3C[C@@H](OC(=O)c4ccccc4)[C@@H]4NC(=O)OCC4O3)C3C(OC(=O)N3C)C2O[C@@H]1O[C@@H]1C(NC(=O)OCc2ccccc2)C[C@@H](NC(=O)OCc2ccccc2)C(OC(=O)c2ccccc2)[C@H]1OC(=O)c1ccccc1. The molecule has 5 aliphatic heterocycles. The molecule has 1 aliphatic carbocycles. The van der Waals surface area contributed by atoms with Crippen LogP contribution in [0.25, 0.3) is 0 Å². The maximum Gasteiger partial charge on any atom is 0.410 e. The molecule has 16 atom stereocenters. The van der Waals surface area contributed by atoms with E-state index in [0.717, 1.165) is 0 Å². The Morgan fingerprint density at radius 3 is 1.63 bits per heavy atom. The van der Waals surface area contributed by atoms with Gasteiger partial charge in [-0.05, 0) is 60.4 Å². The molecule has 6 aliphatic rings. The number of ether oxygens (including phenoxy) is 12. The molecule has 23 nitrogen and oxygen atoms in total. The molecule has 6 fully saturated rings. The monoisotopic (exact) mass is 1150 g/mol. The number of amides is 4. The summed E-state index contributed by atoms with van der Waals surface area (Å²) in [4.78, 5) is 97.4. The topological polar surface area (TPSA) is 270 Å². The molecule has 0 bridgehead atoms. The Labute approximate surface area is 482 Å². The Morgan fingerprint density at radius 1 is 0.560 bits per heavy atom. The van der Waals surface area contributed by atoms with Gasteiger partial charge in [-0.15, -0.1) is 0 Å². The number of rotatable bonds is 16. The van der Waals surface area contributed by atoms with Crippen molar-refractivity contribution in [1.29, 1.82) is 0 Å². The lowest BCUT2D eigenvalue weighted by molar-refractivity contribution is -0.365. The molecule has 1 saturated carbocycles. The highest BCUT2D eigenvalue weighted by molar-refractivity contribution is 5.91. The molecule has 0 spiro atoms. The van der Waals surface area contributed by atoms with E-state index in [1.54, 1.807) is 115 Å². The number of cyclic esters (lactones) is 1. The maximum absolute atomic E-state index is 14.4. The number of esters is 3. The van der Waals surface area contributed by atoms with Crippen molar-refractivity contribution in [2.45, 2.75) is 131 Å². The molecule has 23 heteroatoms. The minimum Gasteiger partial charge on any atom is -0.456 e. The molecule has 84 heavy (non-hydrogen) atoms. The average molecular weight is 1160 g/mol. The van der Waals surface area contributed by atoms with Gasteiger partial charge in [0.1, 0.15) is 50.3 Å². The second kappa shape index (κ2) is 25.9. The first-order valence-electron chi connectivity index (χ1n) is 27.7. The molecule has 3 N–H and O–H groups in total. The summed E-state index contributed by atoms with van der Waals surface area (Å²) >= 11 is 0. The molecular weight excluding hydrogens is 1090 g/mol. The largest absolute Gasteiger partial charge is 0.456 e. The van der Waals surface area contributed by atoms with Crippen LogP contribution in [0.4, 0.5) is 19.2 Å². The smallest absolute Gasteiger partial charge is 0.410 e. The molecule has 5 saturated heterocycles. The van der Waals surface area contributed by atoms with Gasteiger partial charge in [0.15, 0.2) is 37.2 Å². The van der Waals surface area contributed by atoms with Gasteiger partial charge in [0.2, 0.25) is 0 Å². The first-order chi connectivity index (χ1) is 40.8. The molecular formula is C61H62N4O19. The Morgan fingerprint density at radius 2 is 1.07 bits per heavy atom. The maximum atomic E-state index is 14.4. The minimum absolute atomic E-state index is 0.0496. The number of alkyl carbamates (subject to hydrolysis) is 3. The van der Waals surface area contributed by atoms with Gasteiger partial charge in [-0.1, -0.05) is 122 Å². The summed E-state index contributed by atoms with van der Waals surface area (Å²) in [5.74, 6) is -2.91. The lowest BCUT2D eigenvalue weighted by Gasteiger charge is -2.51. The van der Waals surface area contributed by atoms with E-state index in [-0.39, 0.29) is 50.2 Å². The number of hydrogen-bond donors (Lipinski definition) is 3. The van der Waals surface area contributed by atoms with Crippen molar-refractivity contribution in [3.8, 4) is 0 Å². The third kappa shape index (κ3) is 13.2. The molecule has 0 radical (unpaired) electrons. The van der Waals surface area contributed by atoms with E-state index in [1.807, 2.05) is 19.1 Å². The van der Waals surface area contributed by atoms with Crippen molar-refractivity contribution in [2.24, 2.45) is 5.92 Å². The number of fused-ring (bicyclic) bond motifs is 4. The lowest BCUT2D eigenvalue weighted by atomic mass is 9.82. The number of carbonyl (C=O) groups is 7. The second-order valence-electron chi connectivity index (χ2n) is 21.2. The van der Waals surface area contributed by atoms with Crippen LogP contribution in [0.2, 0.25) is 0 Å². The fourth-order valence-corrected chi connectivity index (χ4v) is 11.3. The van der Waals surface area contributed by atoms with Crippen molar-refractivity contribution < 1.29 is 90.4 Å². The Hall–Kier alpha value is -8.61. The molecule has 11 rings (SSSR count). The summed E-state index contributed by atoms with van der Waals surface area (Å²) in [5, 5.41) is 8.43. The Kier molecular flexibility index (Phi) is 17.6. The summed E-state index contributed by atoms with van der Waals surface area (Å²) in [7, 11) is 1.51. The predicted octanol–water partition coefficient (Wildman–Crippen LogP) is 6.58. The average Bonchev–Trinajstić information content (AvgIpc) is 4.02. The van der Waals surface area contributed by atoms with Gasteiger partial charge in [0.05, 0.1) is 40.9 Å². The standard InChI is InChI=1S/C61H62N4O19/c1-34-28-43-50(51-47(65(2)61(72)84-51)57(78-43)79-45-30-42(46-44(76-45)33-75-60(71)64-46)77-53(66)37-22-12-5-13-23-37)83-56(34)82-49-41(63-59(70)74-32-36-20-10-4-11-21-36)29-40(62-58(69)73-31-35-18-8-3-9-19-35)48(80-54(67)38-24-14-6-15-25-38)52(49)81-55(68)39-26-16-7-17-27-39/h3-27,34,40-52,56-57H,28-33H2,1-2H3,(H,62,69)(H,63,70)(H,64,71)/t34?,40-,41?,42-,43+,44?,45-,46+,47?,48?,49-,50?,51?,52-,56+,57?/m1/s1. The van der Waals surface area contributed by atoms with Crippen LogP contribution in [-0.2, 0) is 70.1 Å². The summed E-state index contributed by atoms with van der Waals surface area (Å²) in [5.41, 5.74) is 1.93. The fourth-order valence-electron chi connectivity index (χ4n) is 11.3. The van der Waals surface area contributed by atoms with Crippen molar-refractivity contribution in [3.05, 3.63) is 179 Å². The minimum atomic E-state index is -1.62. The lowest BCUT2D eigenvalue weighted by Crippen LogP contribution is -2.69. The van der Waals surface area contributed by atoms with Gasteiger partial charge in [0.25, 0.3) is 0 Å². The van der Waals surface area contributed by atoms with Crippen molar-refractivity contribution in [2.75, 3.05) is 13.7 Å². The van der Waals surface area contributed by atoms with E-state index in [0.29, 0.717) is 16.7 Å². The fraction of sp³-hybridized carbons (Fsp3) is 0.393. The highest BCUT2D eigenvalue weighted by Gasteiger charge is 2.61. The highest BCUT2D eigenvalue weighted by atomic mass is 16.8. The van der Waals surface area contributed by atoms with Gasteiger partial charge >= 0.3 is 42.3 Å². The van der Waals surface area contributed by atoms with Gasteiger partial charge in [-0.2, -0.15) is 0 Å². The number of likely N-dealkylation sites (N-methyl/N-ethyl adjacent to an activating group) is 1. The van der Waals surface area contributed by atoms with Crippen LogP contribution < -0.4 is 16.0 Å². The number of hydrogen-bond acceptors (Lipinski definition) is 19. The molecule has 5 aromatic carbocycles. The van der Waals surface area contributed by atoms with Gasteiger partial charge in [0, 0.05) is 19.4 Å². The van der Waals surface area contributed by atoms with Crippen LogP contribution >= 0.6 is 0 Å². The zero-order chi connectivity index (χ0) is 58.3. The van der Waals surface area contributed by atoms with E-state index in [9.17, 15) is 33.6 Å². The van der Waals surface area contributed by atoms with Crippen LogP contribution in [0, 0.1) is 5.92 Å². The van der Waals surface area contributed by atoms with Crippen molar-refractivity contribution in [1.82, 2.24) is 20.9 Å². The van der Waals surface area contributed by atoms with Gasteiger partial charge in [-0.3, -0.25) is 4.90 Å². The van der Waals surface area contributed by atoms with E-state index in [4.69, 9.17) is 56.8 Å². The quantitative estimate of drug-likeness (QED) is 0.0695. The van der Waals surface area contributed by atoms with Gasteiger partial charge in [-0.25, -0.2) is 33.6 Å². The normalized spacial score (nSPS) is 30.4. The van der Waals surface area contributed by atoms with Crippen molar-refractivity contribution in [3.63, 3.8) is 0 Å². The predicted molar refractivity (Wildman–Crippen MR) is 289 cm³/mol. The van der Waals surface area contributed by atoms with Crippen LogP contribution in [-0.4, -0.2) is 153 Å². The van der Waals surface area contributed by atoms with Crippen LogP contribution in [0.1, 0.15) is 68.4 Å². The van der Waals surface area contributed by atoms with E-state index < -0.39 is 140 Å². The first-order valence-corrected chi connectivity index (χ1v) is 27.7. The third-order valence-electron chi connectivity index (χ3n) is 15.5. The zero-order valence-electron chi connectivity index (χ0n) is 45.6. The summed E-state index contributed by atoms with van der Waals surface area (Å²) < 4.78 is 74.9. The van der Waals surface area contributed by atoms with Crippen LogP contribution in [0.5, 0.6) is 0 Å². The van der Waals surface area contributed by atoms with E-state index in [1.165, 1.54) is 36.2 Å². The summed E-state index contributed by atoms with van der Waals surface area (Å²) in [6, 6.07) is 38.3. The Balaban J connectivity index is 0.885. The number of nitrogens with zero attached hydrogens (tertiary/aromatic N) is 1. The highest BCUT2D eigenvalue weighted by Crippen LogP contribution is 2.43. The van der Waals surface area contributed by atoms with Crippen LogP contribution in [0.3, 0.4) is 0 Å². The zero-order valence-corrected chi connectivity index (χ0v) is 45.6. The van der Waals surface area contributed by atoms with Gasteiger partial charge < -0.3 is 72.8 Å². The number of carbonyl (C=O) groups excluding carboxylic acids is 7. The molecule has 0 aromatic heterocycles. The Bertz CT molecular complexity index is 3110. The second-order valence-corrected chi connectivity index (χ2v) is 21.2. The number of benzene rings is 5. The first kappa shape index (κ1) is 57.2. The molecule has 5 aromatic rings. The molecule has 8 unspecified atom stereocenters. The third-order valence-corrected chi connectivity index (χ3v) is 15.5. The summed E-state index contributed by atoms with van der Waals surface area (Å²) in [6.45, 7) is 1.40. The van der Waals surface area contributed by atoms with Crippen molar-refractivity contribution >= 4 is 42.3 Å². The molecule has 5 heterocycles. The van der Waals surface area contributed by atoms with E-state index >= 15 is 0 Å².